The van der Waals surface area contributed by atoms with Crippen LogP contribution in [-0.4, -0.2) is 50.3 Å². The molecule has 4 nitrogen and oxygen atoms in total. The van der Waals surface area contributed by atoms with Crippen molar-refractivity contribution in [1.29, 1.82) is 0 Å². The van der Waals surface area contributed by atoms with Gasteiger partial charge in [0.05, 0.1) is 6.61 Å². The van der Waals surface area contributed by atoms with Gasteiger partial charge in [0.25, 0.3) is 0 Å². The first-order valence-corrected chi connectivity index (χ1v) is 8.64. The minimum absolute atomic E-state index is 0.697. The van der Waals surface area contributed by atoms with Gasteiger partial charge >= 0.3 is 0 Å². The molecule has 1 aliphatic rings. The minimum Gasteiger partial charge on any atom is -0.494 e. The van der Waals surface area contributed by atoms with Gasteiger partial charge in [-0.05, 0) is 70.1 Å². The highest BCUT2D eigenvalue weighted by Gasteiger charge is 2.19. The highest BCUT2D eigenvalue weighted by Crippen LogP contribution is 2.18. The molecule has 0 bridgehead atoms. The van der Waals surface area contributed by atoms with Crippen LogP contribution in [0.1, 0.15) is 33.1 Å². The molecule has 0 spiro atoms. The Labute approximate surface area is 134 Å². The third-order valence-corrected chi connectivity index (χ3v) is 4.12. The van der Waals surface area contributed by atoms with Crippen LogP contribution in [0, 0.1) is 0 Å². The van der Waals surface area contributed by atoms with Crippen molar-refractivity contribution in [3.63, 3.8) is 0 Å². The van der Waals surface area contributed by atoms with Crippen molar-refractivity contribution < 1.29 is 9.47 Å². The van der Waals surface area contributed by atoms with Gasteiger partial charge in [0, 0.05) is 12.6 Å². The van der Waals surface area contributed by atoms with Gasteiger partial charge < -0.3 is 14.8 Å². The zero-order valence-electron chi connectivity index (χ0n) is 14.0. The van der Waals surface area contributed by atoms with Crippen LogP contribution in [0.15, 0.2) is 24.3 Å². The van der Waals surface area contributed by atoms with E-state index in [0.29, 0.717) is 12.6 Å². The maximum Gasteiger partial charge on any atom is 0.119 e. The molecule has 1 aromatic carbocycles. The highest BCUT2D eigenvalue weighted by atomic mass is 16.5. The Kier molecular flexibility index (Phi) is 7.54. The number of hydrogen-bond acceptors (Lipinski definition) is 4. The normalized spacial score (nSPS) is 16.0. The van der Waals surface area contributed by atoms with E-state index in [1.54, 1.807) is 0 Å². The first-order chi connectivity index (χ1) is 10.8. The highest BCUT2D eigenvalue weighted by molar-refractivity contribution is 5.31. The van der Waals surface area contributed by atoms with Crippen molar-refractivity contribution in [3.8, 4) is 11.5 Å². The van der Waals surface area contributed by atoms with E-state index in [4.69, 9.17) is 9.47 Å². The molecule has 1 fully saturated rings. The van der Waals surface area contributed by atoms with Crippen LogP contribution >= 0.6 is 0 Å². The van der Waals surface area contributed by atoms with E-state index in [9.17, 15) is 0 Å². The Bertz CT molecular complexity index is 402. The molecule has 1 heterocycles. The largest absolute Gasteiger partial charge is 0.494 e. The van der Waals surface area contributed by atoms with Crippen molar-refractivity contribution in [2.45, 2.75) is 39.2 Å². The van der Waals surface area contributed by atoms with E-state index in [1.165, 1.54) is 19.3 Å². The maximum absolute atomic E-state index is 5.89. The lowest BCUT2D eigenvalue weighted by Crippen LogP contribution is -2.45. The van der Waals surface area contributed by atoms with E-state index in [1.807, 2.05) is 31.2 Å². The Morgan fingerprint density at radius 2 is 1.64 bits per heavy atom. The predicted octanol–water partition coefficient (Wildman–Crippen LogP) is 2.93. The molecule has 1 aliphatic heterocycles. The van der Waals surface area contributed by atoms with Gasteiger partial charge in [-0.25, -0.2) is 0 Å². The van der Waals surface area contributed by atoms with E-state index in [0.717, 1.165) is 44.3 Å². The summed E-state index contributed by atoms with van der Waals surface area (Å²) in [6.07, 6.45) is 3.71. The molecule has 2 rings (SSSR count). The van der Waals surface area contributed by atoms with E-state index < -0.39 is 0 Å². The fraction of sp³-hybridized carbons (Fsp3) is 0.667. The van der Waals surface area contributed by atoms with E-state index in [-0.39, 0.29) is 0 Å². The van der Waals surface area contributed by atoms with Crippen molar-refractivity contribution in [1.82, 2.24) is 10.2 Å². The van der Waals surface area contributed by atoms with Crippen molar-refractivity contribution in [3.05, 3.63) is 24.3 Å². The zero-order valence-corrected chi connectivity index (χ0v) is 14.0. The van der Waals surface area contributed by atoms with Gasteiger partial charge in [-0.2, -0.15) is 0 Å². The zero-order chi connectivity index (χ0) is 15.6. The Morgan fingerprint density at radius 1 is 1.00 bits per heavy atom. The van der Waals surface area contributed by atoms with Gasteiger partial charge in [-0.3, -0.25) is 4.90 Å². The number of nitrogens with zero attached hydrogens (tertiary/aromatic N) is 1. The fourth-order valence-electron chi connectivity index (χ4n) is 3.02. The molecule has 0 saturated carbocycles. The van der Waals surface area contributed by atoms with Crippen LogP contribution in [0.4, 0.5) is 0 Å². The summed E-state index contributed by atoms with van der Waals surface area (Å²) < 4.78 is 11.3. The first kappa shape index (κ1) is 17.1. The summed E-state index contributed by atoms with van der Waals surface area (Å²) in [4.78, 5) is 2.59. The predicted molar refractivity (Wildman–Crippen MR) is 90.9 cm³/mol. The van der Waals surface area contributed by atoms with Crippen LogP contribution in [0.25, 0.3) is 0 Å². The second kappa shape index (κ2) is 9.70. The summed E-state index contributed by atoms with van der Waals surface area (Å²) in [6, 6.07) is 8.62. The maximum atomic E-state index is 5.89. The summed E-state index contributed by atoms with van der Waals surface area (Å²) >= 11 is 0. The molecule has 0 atom stereocenters. The van der Waals surface area contributed by atoms with Crippen LogP contribution in [0.2, 0.25) is 0 Å². The number of nitrogens with one attached hydrogen (secondary N) is 1. The number of benzene rings is 1. The average Bonchev–Trinajstić information content (AvgIpc) is 2.57. The summed E-state index contributed by atoms with van der Waals surface area (Å²) in [5, 5.41) is 3.44. The van der Waals surface area contributed by atoms with E-state index in [2.05, 4.69) is 17.1 Å². The van der Waals surface area contributed by atoms with Crippen molar-refractivity contribution >= 4 is 0 Å². The van der Waals surface area contributed by atoms with Crippen LogP contribution in [0.3, 0.4) is 0 Å². The van der Waals surface area contributed by atoms with Gasteiger partial charge in [0.15, 0.2) is 0 Å². The number of ether oxygens (including phenoxy) is 2. The molecule has 4 heteroatoms. The van der Waals surface area contributed by atoms with Gasteiger partial charge in [-0.15, -0.1) is 0 Å². The lowest BCUT2D eigenvalue weighted by atomic mass is 10.0. The third kappa shape index (κ3) is 5.50. The summed E-state index contributed by atoms with van der Waals surface area (Å²) in [5.74, 6) is 1.82. The van der Waals surface area contributed by atoms with Gasteiger partial charge in [0.2, 0.25) is 0 Å². The van der Waals surface area contributed by atoms with Crippen LogP contribution in [0.5, 0.6) is 11.5 Å². The molecular formula is C18H30N2O2. The van der Waals surface area contributed by atoms with Gasteiger partial charge in [-0.1, -0.05) is 6.92 Å². The smallest absolute Gasteiger partial charge is 0.119 e. The van der Waals surface area contributed by atoms with E-state index >= 15 is 0 Å². The lowest BCUT2D eigenvalue weighted by Gasteiger charge is -2.34. The minimum atomic E-state index is 0.697. The SMILES string of the molecule is CCCN(CCOc1ccc(OCC)cc1)C1CCNCC1. The lowest BCUT2D eigenvalue weighted by molar-refractivity contribution is 0.135. The molecule has 0 aliphatic carbocycles. The molecule has 0 radical (unpaired) electrons. The fourth-order valence-corrected chi connectivity index (χ4v) is 3.02. The molecule has 0 unspecified atom stereocenters. The first-order valence-electron chi connectivity index (χ1n) is 8.64. The molecule has 0 aromatic heterocycles. The molecule has 22 heavy (non-hydrogen) atoms. The Balaban J connectivity index is 1.76. The molecule has 0 amide bonds. The quantitative estimate of drug-likeness (QED) is 0.760. The molecule has 1 aromatic rings. The topological polar surface area (TPSA) is 33.7 Å². The summed E-state index contributed by atoms with van der Waals surface area (Å²) in [6.45, 7) is 10.1. The summed E-state index contributed by atoms with van der Waals surface area (Å²) in [7, 11) is 0. The molecule has 124 valence electrons. The standard InChI is InChI=1S/C18H30N2O2/c1-3-13-20(16-9-11-19-12-10-16)14-15-22-18-7-5-17(6-8-18)21-4-2/h5-8,16,19H,3-4,9-15H2,1-2H3. The Morgan fingerprint density at radius 3 is 2.23 bits per heavy atom. The van der Waals surface area contributed by atoms with Gasteiger partial charge in [0.1, 0.15) is 18.1 Å². The third-order valence-electron chi connectivity index (χ3n) is 4.12. The second-order valence-corrected chi connectivity index (χ2v) is 5.77. The average molecular weight is 306 g/mol. The monoisotopic (exact) mass is 306 g/mol. The molecule has 1 N–H and O–H groups in total. The Hall–Kier alpha value is -1.26. The number of hydrogen-bond donors (Lipinski definition) is 1. The van der Waals surface area contributed by atoms with Crippen LogP contribution in [-0.2, 0) is 0 Å². The van der Waals surface area contributed by atoms with Crippen molar-refractivity contribution in [2.75, 3.05) is 39.4 Å². The number of piperidine rings is 1. The summed E-state index contributed by atoms with van der Waals surface area (Å²) in [5.41, 5.74) is 0. The van der Waals surface area contributed by atoms with Crippen molar-refractivity contribution in [2.24, 2.45) is 0 Å². The molecular weight excluding hydrogens is 276 g/mol. The van der Waals surface area contributed by atoms with Crippen LogP contribution < -0.4 is 14.8 Å². The molecule has 1 saturated heterocycles. The number of rotatable bonds is 9. The second-order valence-electron chi connectivity index (χ2n) is 5.77.